The number of hydrazine groups is 1. The zero-order chi connectivity index (χ0) is 44.5. The number of nitrogens with two attached hydrogens (primary N) is 1. The van der Waals surface area contributed by atoms with Gasteiger partial charge in [-0.25, -0.2) is 10.4 Å². The van der Waals surface area contributed by atoms with Crippen molar-refractivity contribution in [2.24, 2.45) is 11.3 Å². The number of aromatic amines is 1. The van der Waals surface area contributed by atoms with Gasteiger partial charge in [0.2, 0.25) is 5.91 Å². The van der Waals surface area contributed by atoms with Gasteiger partial charge in [0, 0.05) is 67.9 Å². The summed E-state index contributed by atoms with van der Waals surface area (Å²) in [5.41, 5.74) is 15.1. The number of hydrogen-bond acceptors (Lipinski definition) is 12. The number of cyclic esters (lactones) is 1. The number of nitrogens with zero attached hydrogens (tertiary/aromatic N) is 5. The predicted octanol–water partition coefficient (Wildman–Crippen LogP) is 4.72. The van der Waals surface area contributed by atoms with Crippen molar-refractivity contribution in [3.63, 3.8) is 0 Å². The average molecular weight is 848 g/mol. The van der Waals surface area contributed by atoms with Crippen LogP contribution in [-0.4, -0.2) is 92.9 Å². The Labute approximate surface area is 360 Å². The van der Waals surface area contributed by atoms with E-state index < -0.39 is 46.9 Å². The number of pyridine rings is 1. The van der Waals surface area contributed by atoms with Gasteiger partial charge in [0.25, 0.3) is 11.5 Å². The van der Waals surface area contributed by atoms with Crippen LogP contribution in [-0.2, 0) is 49.9 Å². The van der Waals surface area contributed by atoms with Crippen LogP contribution in [0.5, 0.6) is 5.75 Å². The van der Waals surface area contributed by atoms with E-state index in [1.165, 1.54) is 16.1 Å². The quantitative estimate of drug-likeness (QED) is 0.128. The molecule has 16 nitrogen and oxygen atoms in total. The third-order valence-corrected chi connectivity index (χ3v) is 11.8. The third-order valence-electron chi connectivity index (χ3n) is 11.8. The molecule has 5 aromatic rings. The number of ether oxygens (including phenoxy) is 2. The lowest BCUT2D eigenvalue weighted by Gasteiger charge is -2.37. The molecule has 0 spiro atoms. The molecular weight excluding hydrogens is 791 g/mol. The number of aromatic hydroxyl groups is 1. The molecule has 6 bridgehead atoms. The number of methoxy groups -OCH3 is 1. The lowest BCUT2D eigenvalue weighted by molar-refractivity contribution is -0.155. The van der Waals surface area contributed by atoms with Crippen molar-refractivity contribution < 1.29 is 29.0 Å². The number of phenols is 1. The molecule has 6 N–H and O–H groups in total. The Bertz CT molecular complexity index is 2550. The average Bonchev–Trinajstić information content (AvgIpc) is 3.53. The molecule has 3 atom stereocenters. The maximum absolute atomic E-state index is 14.6. The first kappa shape index (κ1) is 43.8. The summed E-state index contributed by atoms with van der Waals surface area (Å²) in [7, 11) is 3.28. The van der Waals surface area contributed by atoms with E-state index in [2.05, 4.69) is 63.2 Å². The van der Waals surface area contributed by atoms with Gasteiger partial charge in [0.05, 0.1) is 25.1 Å². The zero-order valence-corrected chi connectivity index (χ0v) is 36.4. The highest BCUT2D eigenvalue weighted by Crippen LogP contribution is 2.41. The molecule has 328 valence electrons. The molecule has 1 saturated heterocycles. The van der Waals surface area contributed by atoms with Crippen LogP contribution in [0.2, 0.25) is 0 Å². The summed E-state index contributed by atoms with van der Waals surface area (Å²) < 4.78 is 14.0. The van der Waals surface area contributed by atoms with E-state index in [1.54, 1.807) is 32.5 Å². The monoisotopic (exact) mass is 847 g/mol. The second-order valence-electron chi connectivity index (χ2n) is 17.5. The Hall–Kier alpha value is -6.26. The predicted molar refractivity (Wildman–Crippen MR) is 237 cm³/mol. The van der Waals surface area contributed by atoms with Gasteiger partial charge in [-0.3, -0.25) is 34.2 Å². The van der Waals surface area contributed by atoms with E-state index in [1.807, 2.05) is 38.2 Å². The summed E-state index contributed by atoms with van der Waals surface area (Å²) >= 11 is 0. The van der Waals surface area contributed by atoms with Crippen LogP contribution in [0.1, 0.15) is 64.2 Å². The van der Waals surface area contributed by atoms with Crippen LogP contribution in [0.4, 0.5) is 11.6 Å². The molecule has 16 heteroatoms. The summed E-state index contributed by atoms with van der Waals surface area (Å²) in [6, 6.07) is 10.5. The number of aryl methyl sites for hydroxylation is 1. The van der Waals surface area contributed by atoms with Crippen LogP contribution in [0.3, 0.4) is 0 Å². The number of carbonyl (C=O) groups is 3. The van der Waals surface area contributed by atoms with Crippen LogP contribution in [0.25, 0.3) is 33.3 Å². The first-order valence-electron chi connectivity index (χ1n) is 21.1. The Morgan fingerprint density at radius 3 is 2.65 bits per heavy atom. The van der Waals surface area contributed by atoms with Crippen LogP contribution >= 0.6 is 0 Å². The number of hydrogen-bond donors (Lipinski definition) is 5. The normalized spacial score (nSPS) is 18.6. The molecule has 0 radical (unpaired) electrons. The number of nitrogen functional groups attached to an aromatic ring is 1. The highest BCUT2D eigenvalue weighted by molar-refractivity contribution is 5.96. The smallest absolute Gasteiger partial charge is 0.324 e. The largest absolute Gasteiger partial charge is 0.508 e. The lowest BCUT2D eigenvalue weighted by atomic mass is 9.84. The van der Waals surface area contributed by atoms with E-state index in [-0.39, 0.29) is 42.9 Å². The number of amides is 2. The van der Waals surface area contributed by atoms with Gasteiger partial charge < -0.3 is 35.1 Å². The molecule has 0 aliphatic carbocycles. The molecule has 1 fully saturated rings. The van der Waals surface area contributed by atoms with Crippen molar-refractivity contribution in [1.29, 1.82) is 0 Å². The first-order chi connectivity index (χ1) is 29.6. The number of likely N-dealkylation sites (N-methyl/N-ethyl adjacent to an activating group) is 1. The molecule has 3 aromatic heterocycles. The second kappa shape index (κ2) is 18.0. The molecule has 0 unspecified atom stereocenters. The van der Waals surface area contributed by atoms with Gasteiger partial charge in [0.15, 0.2) is 5.95 Å². The minimum Gasteiger partial charge on any atom is -0.508 e. The van der Waals surface area contributed by atoms with Crippen LogP contribution in [0.15, 0.2) is 65.8 Å². The van der Waals surface area contributed by atoms with Crippen molar-refractivity contribution in [1.82, 2.24) is 35.3 Å². The van der Waals surface area contributed by atoms with E-state index in [4.69, 9.17) is 15.2 Å². The van der Waals surface area contributed by atoms with E-state index in [9.17, 15) is 24.3 Å². The molecule has 7 rings (SSSR count). The fourth-order valence-corrected chi connectivity index (χ4v) is 8.92. The second-order valence-corrected chi connectivity index (χ2v) is 17.5. The number of nitrogens with one attached hydrogen (secondary N) is 3. The van der Waals surface area contributed by atoms with Crippen molar-refractivity contribution in [2.75, 3.05) is 37.9 Å². The Morgan fingerprint density at radius 1 is 1.13 bits per heavy atom. The topological polar surface area (TPSA) is 210 Å². The Balaban J connectivity index is 1.35. The number of carbonyl (C=O) groups excluding carboxylic acids is 3. The summed E-state index contributed by atoms with van der Waals surface area (Å²) in [6.07, 6.45) is 6.45. The van der Waals surface area contributed by atoms with Crippen molar-refractivity contribution >= 4 is 40.3 Å². The number of H-pyrrole nitrogens is 1. The number of rotatable bonds is 9. The van der Waals surface area contributed by atoms with E-state index in [0.29, 0.717) is 38.0 Å². The van der Waals surface area contributed by atoms with Crippen LogP contribution < -0.4 is 26.9 Å². The standard InChI is InChI=1S/C46H57N9O7/c1-8-54-37-12-11-28-20-32(37)33(40(54)34-22-48-14-13-29(34)24-61-7)21-46(4,5)25-62-44(60)35-10-9-15-55(52-35)43(59)36(18-27-16-30(28)19-31(56)17-27)50-42(58)39(26(2)3)53(6)38-23-49-45(47)51-41(38)57/h11-14,16-17,19-20,22-23,26,35-36,39,52,56H,8-10,15,18,21,24-25H2,1-7H3,(H,50,58)(H3,47,49,51,57)/t35-,36-,39-/m0/s1. The minimum atomic E-state index is -1.15. The fraction of sp³-hybridized carbons (Fsp3) is 0.435. The fourth-order valence-electron chi connectivity index (χ4n) is 8.92. The van der Waals surface area contributed by atoms with E-state index in [0.717, 1.165) is 44.4 Å². The van der Waals surface area contributed by atoms with Gasteiger partial charge in [-0.05, 0) is 90.3 Å². The Morgan fingerprint density at radius 2 is 1.92 bits per heavy atom. The zero-order valence-electron chi connectivity index (χ0n) is 36.4. The number of aromatic nitrogens is 4. The summed E-state index contributed by atoms with van der Waals surface area (Å²) in [5.74, 6) is -1.84. The van der Waals surface area contributed by atoms with Crippen LogP contribution in [0, 0.1) is 11.3 Å². The highest BCUT2D eigenvalue weighted by Gasteiger charge is 2.37. The highest BCUT2D eigenvalue weighted by atomic mass is 16.5. The Kier molecular flexibility index (Phi) is 12.7. The number of anilines is 2. The number of fused-ring (bicyclic) bond motifs is 6. The minimum absolute atomic E-state index is 0.000861. The third kappa shape index (κ3) is 9.02. The lowest BCUT2D eigenvalue weighted by Crippen LogP contribution is -2.62. The maximum atomic E-state index is 14.6. The maximum Gasteiger partial charge on any atom is 0.324 e. The van der Waals surface area contributed by atoms with Gasteiger partial charge >= 0.3 is 5.97 Å². The van der Waals surface area contributed by atoms with Crippen molar-refractivity contribution in [3.8, 4) is 28.1 Å². The van der Waals surface area contributed by atoms with Gasteiger partial charge in [0.1, 0.15) is 29.6 Å². The van der Waals surface area contributed by atoms with E-state index >= 15 is 0 Å². The summed E-state index contributed by atoms with van der Waals surface area (Å²) in [5, 5.41) is 16.6. The molecule has 2 aliphatic rings. The van der Waals surface area contributed by atoms with Gasteiger partial charge in [-0.1, -0.05) is 39.8 Å². The molecular formula is C46H57N9O7. The van der Waals surface area contributed by atoms with Crippen molar-refractivity contribution in [3.05, 3.63) is 88.1 Å². The molecule has 2 amide bonds. The van der Waals surface area contributed by atoms with Gasteiger partial charge in [-0.2, -0.15) is 0 Å². The molecule has 2 aromatic carbocycles. The summed E-state index contributed by atoms with van der Waals surface area (Å²) in [6.45, 7) is 11.4. The molecule has 2 aliphatic heterocycles. The SMILES string of the molecule is CCn1c(-c2cnccc2COC)c2c3cc(ccc31)-c1cc(O)cc(c1)C[C@H](NC(=O)[C@H](C(C)C)N(C)c1cnc(N)[nH]c1=O)C(=O)N1CCC[C@H](N1)C(=O)OCC(C)(C)C2. The number of esters is 1. The first-order valence-corrected chi connectivity index (χ1v) is 21.1. The number of phenolic OH excluding ortho intramolecular Hbond substituents is 1. The molecule has 0 saturated carbocycles. The van der Waals surface area contributed by atoms with Gasteiger partial charge in [-0.15, -0.1) is 0 Å². The molecule has 62 heavy (non-hydrogen) atoms. The van der Waals surface area contributed by atoms with Crippen molar-refractivity contribution in [2.45, 2.75) is 91.6 Å². The summed E-state index contributed by atoms with van der Waals surface area (Å²) in [4.78, 5) is 68.3. The molecule has 5 heterocycles. The number of benzene rings is 2.